The van der Waals surface area contributed by atoms with Gasteiger partial charge in [0.15, 0.2) is 60.3 Å². The third-order valence-corrected chi connectivity index (χ3v) is 4.76. The molecule has 0 bridgehead atoms. The van der Waals surface area contributed by atoms with Crippen molar-refractivity contribution in [1.82, 2.24) is 0 Å². The third-order valence-electron chi connectivity index (χ3n) is 4.76. The first kappa shape index (κ1) is 19.2. The second kappa shape index (κ2) is 5.44. The van der Waals surface area contributed by atoms with Gasteiger partial charge in [-0.3, -0.25) is 0 Å². The average molecular weight is 402 g/mol. The first-order valence-electron chi connectivity index (χ1n) is 6.93. The summed E-state index contributed by atoms with van der Waals surface area (Å²) in [4.78, 5) is 0. The lowest BCUT2D eigenvalue weighted by molar-refractivity contribution is -0.157. The van der Waals surface area contributed by atoms with Gasteiger partial charge in [-0.15, -0.1) is 0 Å². The van der Waals surface area contributed by atoms with Crippen molar-refractivity contribution in [1.29, 1.82) is 0 Å². The van der Waals surface area contributed by atoms with Gasteiger partial charge < -0.3 is 0 Å². The van der Waals surface area contributed by atoms with Gasteiger partial charge in [0.2, 0.25) is 11.3 Å². The van der Waals surface area contributed by atoms with E-state index in [1.807, 2.05) is 0 Å². The molecule has 1 fully saturated rings. The Hall–Kier alpha value is -1.62. The SMILES string of the molecule is FC1=C(F)C(F)C(F)C2(F)C1=C(F)C(F)=C1C(F)C(F)C(F)C(F)C12F. The number of hydrogen-bond acceptors (Lipinski definition) is 0. The molecule has 26 heavy (non-hydrogen) atoms. The monoisotopic (exact) mass is 402 g/mol. The maximum Gasteiger partial charge on any atom is 0.216 e. The van der Waals surface area contributed by atoms with Crippen LogP contribution in [0.4, 0.5) is 52.7 Å². The molecular formula is C14H6F12. The number of halogens is 12. The van der Waals surface area contributed by atoms with Crippen molar-refractivity contribution >= 4 is 0 Å². The van der Waals surface area contributed by atoms with Crippen molar-refractivity contribution in [2.24, 2.45) is 0 Å². The van der Waals surface area contributed by atoms with Gasteiger partial charge in [0.1, 0.15) is 0 Å². The molecule has 0 amide bonds. The normalized spacial score (nSPS) is 49.4. The minimum Gasteiger partial charge on any atom is -0.241 e. The lowest BCUT2D eigenvalue weighted by Crippen LogP contribution is -2.72. The van der Waals surface area contributed by atoms with Crippen LogP contribution in [0, 0.1) is 0 Å². The van der Waals surface area contributed by atoms with E-state index in [0.29, 0.717) is 0 Å². The zero-order chi connectivity index (χ0) is 19.9. The van der Waals surface area contributed by atoms with Crippen LogP contribution in [0.2, 0.25) is 0 Å². The molecular weight excluding hydrogens is 396 g/mol. The molecule has 146 valence electrons. The van der Waals surface area contributed by atoms with E-state index < -0.39 is 82.8 Å². The van der Waals surface area contributed by atoms with Gasteiger partial charge in [0.25, 0.3) is 0 Å². The molecule has 0 spiro atoms. The number of rotatable bonds is 0. The minimum atomic E-state index is -5.24. The van der Waals surface area contributed by atoms with Crippen LogP contribution in [0.3, 0.4) is 0 Å². The first-order valence-corrected chi connectivity index (χ1v) is 6.93. The van der Waals surface area contributed by atoms with Crippen molar-refractivity contribution in [2.75, 3.05) is 0 Å². The van der Waals surface area contributed by atoms with Crippen LogP contribution in [0.5, 0.6) is 0 Å². The molecule has 0 aliphatic heterocycles. The topological polar surface area (TPSA) is 0 Å². The zero-order valence-corrected chi connectivity index (χ0v) is 12.0. The van der Waals surface area contributed by atoms with Crippen molar-refractivity contribution < 1.29 is 52.7 Å². The molecule has 12 heteroatoms. The summed E-state index contributed by atoms with van der Waals surface area (Å²) in [6.07, 6.45) is -23.8. The highest BCUT2D eigenvalue weighted by Gasteiger charge is 2.79. The van der Waals surface area contributed by atoms with Gasteiger partial charge in [-0.25, -0.2) is 52.7 Å². The summed E-state index contributed by atoms with van der Waals surface area (Å²) in [5.74, 6) is -11.5. The van der Waals surface area contributed by atoms with Gasteiger partial charge in [-0.1, -0.05) is 0 Å². The number of allylic oxidation sites excluding steroid dienone is 6. The molecule has 3 aliphatic rings. The molecule has 8 unspecified atom stereocenters. The van der Waals surface area contributed by atoms with Crippen molar-refractivity contribution in [3.63, 3.8) is 0 Å². The van der Waals surface area contributed by atoms with E-state index in [9.17, 15) is 43.9 Å². The number of alkyl halides is 8. The van der Waals surface area contributed by atoms with Crippen LogP contribution in [0.1, 0.15) is 0 Å². The maximum absolute atomic E-state index is 15.1. The molecule has 0 N–H and O–H groups in total. The second-order valence-corrected chi connectivity index (χ2v) is 6.00. The molecule has 0 nitrogen and oxygen atoms in total. The molecule has 3 rings (SSSR count). The van der Waals surface area contributed by atoms with Crippen LogP contribution < -0.4 is 0 Å². The molecule has 0 aromatic heterocycles. The Morgan fingerprint density at radius 3 is 1.65 bits per heavy atom. The maximum atomic E-state index is 15.1. The van der Waals surface area contributed by atoms with E-state index in [2.05, 4.69) is 0 Å². The van der Waals surface area contributed by atoms with Crippen LogP contribution in [-0.2, 0) is 0 Å². The summed E-state index contributed by atoms with van der Waals surface area (Å²) < 4.78 is 168. The minimum absolute atomic E-state index is 2.65. The van der Waals surface area contributed by atoms with Crippen LogP contribution in [0.15, 0.2) is 34.5 Å². The Balaban J connectivity index is 2.45. The largest absolute Gasteiger partial charge is 0.241 e. The summed E-state index contributed by atoms with van der Waals surface area (Å²) in [6.45, 7) is 0. The van der Waals surface area contributed by atoms with Gasteiger partial charge in [-0.2, -0.15) is 0 Å². The van der Waals surface area contributed by atoms with E-state index in [0.717, 1.165) is 0 Å². The molecule has 1 saturated carbocycles. The van der Waals surface area contributed by atoms with Crippen LogP contribution in [0.25, 0.3) is 0 Å². The summed E-state index contributed by atoms with van der Waals surface area (Å²) in [5.41, 5.74) is -15.9. The number of fused-ring (bicyclic) bond motifs is 3. The Morgan fingerprint density at radius 1 is 0.577 bits per heavy atom. The zero-order valence-electron chi connectivity index (χ0n) is 12.0. The van der Waals surface area contributed by atoms with Gasteiger partial charge >= 0.3 is 0 Å². The summed E-state index contributed by atoms with van der Waals surface area (Å²) >= 11 is 0. The predicted molar refractivity (Wildman–Crippen MR) is 62.6 cm³/mol. The lowest BCUT2D eigenvalue weighted by atomic mass is 9.59. The van der Waals surface area contributed by atoms with Crippen LogP contribution in [-0.4, -0.2) is 48.4 Å². The molecule has 0 aromatic carbocycles. The number of hydrogen-bond donors (Lipinski definition) is 0. The predicted octanol–water partition coefficient (Wildman–Crippen LogP) is 5.07. The van der Waals surface area contributed by atoms with Crippen molar-refractivity contribution in [2.45, 2.75) is 48.4 Å². The Labute approximate surface area is 136 Å². The molecule has 0 radical (unpaired) electrons. The van der Waals surface area contributed by atoms with E-state index in [1.54, 1.807) is 0 Å². The van der Waals surface area contributed by atoms with E-state index >= 15 is 8.78 Å². The van der Waals surface area contributed by atoms with Crippen molar-refractivity contribution in [3.05, 3.63) is 34.5 Å². The van der Waals surface area contributed by atoms with E-state index in [-0.39, 0.29) is 0 Å². The highest BCUT2D eigenvalue weighted by Crippen LogP contribution is 2.63. The fraction of sp³-hybridized carbons (Fsp3) is 0.571. The van der Waals surface area contributed by atoms with E-state index in [1.165, 1.54) is 0 Å². The van der Waals surface area contributed by atoms with Gasteiger partial charge in [-0.05, 0) is 0 Å². The highest BCUT2D eigenvalue weighted by molar-refractivity contribution is 5.61. The van der Waals surface area contributed by atoms with E-state index in [4.69, 9.17) is 0 Å². The van der Waals surface area contributed by atoms with Crippen molar-refractivity contribution in [3.8, 4) is 0 Å². The van der Waals surface area contributed by atoms with Gasteiger partial charge in [0, 0.05) is 5.57 Å². The first-order chi connectivity index (χ1) is 11.8. The van der Waals surface area contributed by atoms with Crippen LogP contribution >= 0.6 is 0 Å². The second-order valence-electron chi connectivity index (χ2n) is 6.00. The quantitative estimate of drug-likeness (QED) is 0.497. The Bertz CT molecular complexity index is 755. The molecule has 8 atom stereocenters. The fourth-order valence-electron chi connectivity index (χ4n) is 3.46. The summed E-state index contributed by atoms with van der Waals surface area (Å²) in [7, 11) is 0. The lowest BCUT2D eigenvalue weighted by Gasteiger charge is -2.52. The third kappa shape index (κ3) is 1.80. The smallest absolute Gasteiger partial charge is 0.216 e. The molecule has 0 aromatic rings. The molecule has 3 aliphatic carbocycles. The highest BCUT2D eigenvalue weighted by atomic mass is 19.2. The molecule has 0 saturated heterocycles. The molecule has 0 heterocycles. The summed E-state index contributed by atoms with van der Waals surface area (Å²) in [6, 6.07) is 0. The fourth-order valence-corrected chi connectivity index (χ4v) is 3.46. The Morgan fingerprint density at radius 2 is 1.12 bits per heavy atom. The average Bonchev–Trinajstić information content (AvgIpc) is 2.60. The summed E-state index contributed by atoms with van der Waals surface area (Å²) in [5, 5.41) is 0. The van der Waals surface area contributed by atoms with Gasteiger partial charge in [0.05, 0.1) is 5.57 Å². The standard InChI is InChI=1S/C14H6F12/c15-3-1-5(17)7(19)9(21)11(23)13(1,25)14(26)2(4(3)16)6(18)8(20)10(22)12(14)24/h5,7,9-12H. The Kier molecular flexibility index (Phi) is 4.01.